The molecule has 1 aromatic carbocycles. The molecule has 17 heavy (non-hydrogen) atoms. The van der Waals surface area contributed by atoms with Gasteiger partial charge in [-0.3, -0.25) is 0 Å². The highest BCUT2D eigenvalue weighted by atomic mass is 16.3. The van der Waals surface area contributed by atoms with Crippen LogP contribution in [0.2, 0.25) is 0 Å². The molecule has 1 N–H and O–H groups in total. The maximum absolute atomic E-state index is 10.0. The predicted molar refractivity (Wildman–Crippen MR) is 72.1 cm³/mol. The van der Waals surface area contributed by atoms with Gasteiger partial charge in [-0.15, -0.1) is 0 Å². The molecule has 0 fully saturated rings. The highest BCUT2D eigenvalue weighted by Gasteiger charge is 2.23. The molecule has 0 saturated heterocycles. The molecule has 0 bridgehead atoms. The molecule has 0 aromatic heterocycles. The van der Waals surface area contributed by atoms with Gasteiger partial charge in [-0.25, -0.2) is 0 Å². The van der Waals surface area contributed by atoms with Gasteiger partial charge < -0.3 is 5.11 Å². The molecule has 1 atom stereocenters. The number of allylic oxidation sites excluding steroid dienone is 6. The maximum atomic E-state index is 10.0. The first kappa shape index (κ1) is 11.7. The van der Waals surface area contributed by atoms with Crippen LogP contribution in [-0.2, 0) is 0 Å². The van der Waals surface area contributed by atoms with Crippen LogP contribution < -0.4 is 0 Å². The second-order valence-electron chi connectivity index (χ2n) is 4.25. The van der Waals surface area contributed by atoms with Crippen molar-refractivity contribution in [2.24, 2.45) is 0 Å². The van der Waals surface area contributed by atoms with Crippen LogP contribution in [0.25, 0.3) is 0 Å². The van der Waals surface area contributed by atoms with Gasteiger partial charge in [-0.05, 0) is 31.9 Å². The van der Waals surface area contributed by atoms with Crippen molar-refractivity contribution >= 4 is 0 Å². The minimum absolute atomic E-state index is 0.205. The number of hydrogen-bond acceptors (Lipinski definition) is 1. The van der Waals surface area contributed by atoms with Crippen molar-refractivity contribution in [2.75, 3.05) is 0 Å². The van der Waals surface area contributed by atoms with Gasteiger partial charge in [0.15, 0.2) is 0 Å². The van der Waals surface area contributed by atoms with Crippen LogP contribution in [0, 0.1) is 0 Å². The maximum Gasteiger partial charge on any atom is 0.119 e. The molecular weight excluding hydrogens is 208 g/mol. The molecule has 1 unspecified atom stereocenters. The van der Waals surface area contributed by atoms with E-state index in [4.69, 9.17) is 0 Å². The average Bonchev–Trinajstić information content (AvgIpc) is 2.38. The number of benzene rings is 1. The Morgan fingerprint density at radius 1 is 1.18 bits per heavy atom. The Balaban J connectivity index is 2.54. The number of hydrogen-bond donors (Lipinski definition) is 1. The van der Waals surface area contributed by atoms with Crippen LogP contribution >= 0.6 is 0 Å². The van der Waals surface area contributed by atoms with Gasteiger partial charge in [0.2, 0.25) is 0 Å². The first-order valence-corrected chi connectivity index (χ1v) is 6.03. The molecule has 0 aliphatic heterocycles. The zero-order valence-electron chi connectivity index (χ0n) is 10.4. The number of phenols is 1. The first-order chi connectivity index (χ1) is 8.27. The van der Waals surface area contributed by atoms with Crippen LogP contribution in [0.4, 0.5) is 0 Å². The fourth-order valence-electron chi connectivity index (χ4n) is 2.42. The second kappa shape index (κ2) is 5.05. The Morgan fingerprint density at radius 2 is 1.94 bits per heavy atom. The lowest BCUT2D eigenvalue weighted by Crippen LogP contribution is -2.08. The number of phenolic OH excluding ortho intramolecular Hbond substituents is 1. The smallest absolute Gasteiger partial charge is 0.119 e. The second-order valence-corrected chi connectivity index (χ2v) is 4.25. The molecule has 0 amide bonds. The summed E-state index contributed by atoms with van der Waals surface area (Å²) in [6.07, 6.45) is 9.58. The SMILES string of the molecule is C/C=C1/C=CC/C(=C\C)C1c1ccccc1O. The Bertz CT molecular complexity index is 492. The van der Waals surface area contributed by atoms with Crippen molar-refractivity contribution in [1.82, 2.24) is 0 Å². The number of rotatable bonds is 1. The van der Waals surface area contributed by atoms with Crippen molar-refractivity contribution in [3.8, 4) is 5.75 Å². The van der Waals surface area contributed by atoms with Gasteiger partial charge in [-0.2, -0.15) is 0 Å². The standard InChI is InChI=1S/C16H18O/c1-3-12-8-7-9-13(4-2)16(12)14-10-5-6-11-15(14)17/h3-8,10-11,16-17H,9H2,1-2H3/b12-3-,13-4+. The highest BCUT2D eigenvalue weighted by molar-refractivity contribution is 5.51. The predicted octanol–water partition coefficient (Wildman–Crippen LogP) is 4.33. The normalized spacial score (nSPS) is 24.5. The zero-order chi connectivity index (χ0) is 12.3. The fraction of sp³-hybridized carbons (Fsp3) is 0.250. The van der Waals surface area contributed by atoms with Gasteiger partial charge in [0.25, 0.3) is 0 Å². The summed E-state index contributed by atoms with van der Waals surface area (Å²) in [7, 11) is 0. The van der Waals surface area contributed by atoms with E-state index >= 15 is 0 Å². The Morgan fingerprint density at radius 3 is 2.59 bits per heavy atom. The van der Waals surface area contributed by atoms with Crippen molar-refractivity contribution in [2.45, 2.75) is 26.2 Å². The monoisotopic (exact) mass is 226 g/mol. The largest absolute Gasteiger partial charge is 0.508 e. The molecule has 0 saturated carbocycles. The topological polar surface area (TPSA) is 20.2 Å². The zero-order valence-corrected chi connectivity index (χ0v) is 10.4. The van der Waals surface area contributed by atoms with E-state index < -0.39 is 0 Å². The first-order valence-electron chi connectivity index (χ1n) is 6.03. The molecule has 1 aliphatic carbocycles. The molecule has 88 valence electrons. The third-order valence-electron chi connectivity index (χ3n) is 3.32. The third kappa shape index (κ3) is 2.19. The van der Waals surface area contributed by atoms with Crippen LogP contribution in [0.5, 0.6) is 5.75 Å². The van der Waals surface area contributed by atoms with Crippen LogP contribution in [0.15, 0.2) is 59.7 Å². The summed E-state index contributed by atoms with van der Waals surface area (Å²) >= 11 is 0. The summed E-state index contributed by atoms with van der Waals surface area (Å²) in [4.78, 5) is 0. The van der Waals surface area contributed by atoms with Gasteiger partial charge in [0.05, 0.1) is 0 Å². The van der Waals surface area contributed by atoms with E-state index in [0.717, 1.165) is 12.0 Å². The molecule has 1 heteroatoms. The van der Waals surface area contributed by atoms with Crippen molar-refractivity contribution in [3.05, 3.63) is 65.3 Å². The van der Waals surface area contributed by atoms with Crippen LogP contribution in [0.1, 0.15) is 31.7 Å². The van der Waals surface area contributed by atoms with E-state index in [1.54, 1.807) is 6.07 Å². The van der Waals surface area contributed by atoms with E-state index in [2.05, 4.69) is 31.2 Å². The average molecular weight is 226 g/mol. The quantitative estimate of drug-likeness (QED) is 0.707. The third-order valence-corrected chi connectivity index (χ3v) is 3.32. The highest BCUT2D eigenvalue weighted by Crippen LogP contribution is 2.41. The minimum Gasteiger partial charge on any atom is -0.508 e. The summed E-state index contributed by atoms with van der Waals surface area (Å²) in [6, 6.07) is 7.61. The minimum atomic E-state index is 0.205. The van der Waals surface area contributed by atoms with E-state index in [9.17, 15) is 5.11 Å². The molecule has 0 heterocycles. The summed E-state index contributed by atoms with van der Waals surface area (Å²) < 4.78 is 0. The molecule has 2 rings (SSSR count). The van der Waals surface area contributed by atoms with Crippen molar-refractivity contribution in [3.63, 3.8) is 0 Å². The van der Waals surface area contributed by atoms with Gasteiger partial charge >= 0.3 is 0 Å². The van der Waals surface area contributed by atoms with Crippen LogP contribution in [-0.4, -0.2) is 5.11 Å². The summed E-state index contributed by atoms with van der Waals surface area (Å²) in [5, 5.41) is 10.0. The fourth-order valence-corrected chi connectivity index (χ4v) is 2.42. The Labute approximate surface area is 103 Å². The van der Waals surface area contributed by atoms with E-state index in [1.807, 2.05) is 25.1 Å². The van der Waals surface area contributed by atoms with E-state index in [1.165, 1.54) is 11.1 Å². The Kier molecular flexibility index (Phi) is 3.48. The van der Waals surface area contributed by atoms with Crippen LogP contribution in [0.3, 0.4) is 0 Å². The summed E-state index contributed by atoms with van der Waals surface area (Å²) in [5.74, 6) is 0.586. The van der Waals surface area contributed by atoms with Crippen molar-refractivity contribution in [1.29, 1.82) is 0 Å². The van der Waals surface area contributed by atoms with E-state index in [0.29, 0.717) is 5.75 Å². The van der Waals surface area contributed by atoms with Gasteiger partial charge in [0.1, 0.15) is 5.75 Å². The van der Waals surface area contributed by atoms with Crippen molar-refractivity contribution < 1.29 is 5.11 Å². The molecule has 1 nitrogen and oxygen atoms in total. The van der Waals surface area contributed by atoms with Gasteiger partial charge in [0, 0.05) is 11.5 Å². The molecule has 1 aromatic rings. The molecule has 1 aliphatic rings. The number of para-hydroxylation sites is 1. The van der Waals surface area contributed by atoms with Gasteiger partial charge in [-0.1, -0.05) is 48.1 Å². The molecule has 0 radical (unpaired) electrons. The molecular formula is C16H18O. The number of aromatic hydroxyl groups is 1. The summed E-state index contributed by atoms with van der Waals surface area (Å²) in [5.41, 5.74) is 3.60. The summed E-state index contributed by atoms with van der Waals surface area (Å²) in [6.45, 7) is 4.11. The molecule has 0 spiro atoms. The lowest BCUT2D eigenvalue weighted by Gasteiger charge is -2.25. The lowest BCUT2D eigenvalue weighted by atomic mass is 9.79. The van der Waals surface area contributed by atoms with E-state index in [-0.39, 0.29) is 5.92 Å². The Hall–Kier alpha value is -1.76. The lowest BCUT2D eigenvalue weighted by molar-refractivity contribution is 0.466.